The quantitative estimate of drug-likeness (QED) is 0.870. The Bertz CT molecular complexity index is 645. The van der Waals surface area contributed by atoms with Crippen molar-refractivity contribution in [3.63, 3.8) is 0 Å². The van der Waals surface area contributed by atoms with E-state index in [0.29, 0.717) is 28.8 Å². The van der Waals surface area contributed by atoms with E-state index in [0.717, 1.165) is 0 Å². The van der Waals surface area contributed by atoms with Gasteiger partial charge in [0, 0.05) is 0 Å². The van der Waals surface area contributed by atoms with Gasteiger partial charge in [-0.1, -0.05) is 35.9 Å². The van der Waals surface area contributed by atoms with Gasteiger partial charge >= 0.3 is 0 Å². The van der Waals surface area contributed by atoms with Crippen LogP contribution < -0.4 is 14.8 Å². The number of hydrogen-bond donors (Lipinski definition) is 1. The summed E-state index contributed by atoms with van der Waals surface area (Å²) in [4.78, 5) is 12.2. The van der Waals surface area contributed by atoms with Crippen LogP contribution in [0.2, 0.25) is 5.02 Å². The number of ether oxygens (including phenoxy) is 2. The Morgan fingerprint density at radius 2 is 1.77 bits per heavy atom. The lowest BCUT2D eigenvalue weighted by atomic mass is 10.2. The molecule has 0 aromatic heterocycles. The number of rotatable bonds is 6. The van der Waals surface area contributed by atoms with E-state index < -0.39 is 6.10 Å². The SMILES string of the molecule is CCOc1ccccc1NC(=O)C(C)Oc1ccccc1Cl. The van der Waals surface area contributed by atoms with Gasteiger partial charge in [-0.15, -0.1) is 0 Å². The summed E-state index contributed by atoms with van der Waals surface area (Å²) < 4.78 is 11.1. The molecule has 2 rings (SSSR count). The summed E-state index contributed by atoms with van der Waals surface area (Å²) in [5.74, 6) is 0.834. The van der Waals surface area contributed by atoms with Crippen molar-refractivity contribution in [2.45, 2.75) is 20.0 Å². The summed E-state index contributed by atoms with van der Waals surface area (Å²) >= 11 is 6.02. The van der Waals surface area contributed by atoms with Gasteiger partial charge in [-0.2, -0.15) is 0 Å². The molecule has 5 heteroatoms. The van der Waals surface area contributed by atoms with Crippen LogP contribution >= 0.6 is 11.6 Å². The molecule has 0 aliphatic heterocycles. The molecule has 0 saturated carbocycles. The minimum atomic E-state index is -0.686. The zero-order valence-corrected chi connectivity index (χ0v) is 13.3. The standard InChI is InChI=1S/C17H18ClNO3/c1-3-21-16-11-7-5-9-14(16)19-17(20)12(2)22-15-10-6-4-8-13(15)18/h4-12H,3H2,1-2H3,(H,19,20). The van der Waals surface area contributed by atoms with Crippen LogP contribution in [0, 0.1) is 0 Å². The molecule has 0 aliphatic carbocycles. The second-order valence-electron chi connectivity index (χ2n) is 4.61. The monoisotopic (exact) mass is 319 g/mol. The predicted octanol–water partition coefficient (Wildman–Crippen LogP) is 4.14. The van der Waals surface area contributed by atoms with Crippen LogP contribution in [0.4, 0.5) is 5.69 Å². The highest BCUT2D eigenvalue weighted by Gasteiger charge is 2.17. The molecule has 0 saturated heterocycles. The van der Waals surface area contributed by atoms with Crippen molar-refractivity contribution in [3.8, 4) is 11.5 Å². The summed E-state index contributed by atoms with van der Waals surface area (Å²) in [6.07, 6.45) is -0.686. The van der Waals surface area contributed by atoms with E-state index in [1.807, 2.05) is 19.1 Å². The second-order valence-corrected chi connectivity index (χ2v) is 5.02. The van der Waals surface area contributed by atoms with Crippen LogP contribution in [-0.4, -0.2) is 18.6 Å². The van der Waals surface area contributed by atoms with Crippen molar-refractivity contribution in [2.24, 2.45) is 0 Å². The van der Waals surface area contributed by atoms with E-state index in [4.69, 9.17) is 21.1 Å². The number of hydrogen-bond acceptors (Lipinski definition) is 3. The lowest BCUT2D eigenvalue weighted by molar-refractivity contribution is -0.122. The van der Waals surface area contributed by atoms with E-state index in [2.05, 4.69) is 5.32 Å². The zero-order valence-electron chi connectivity index (χ0n) is 12.5. The number of para-hydroxylation sites is 3. The van der Waals surface area contributed by atoms with E-state index in [-0.39, 0.29) is 5.91 Å². The molecular weight excluding hydrogens is 302 g/mol. The summed E-state index contributed by atoms with van der Waals surface area (Å²) in [5, 5.41) is 3.27. The molecule has 1 unspecified atom stereocenters. The Labute approximate surface area is 135 Å². The van der Waals surface area contributed by atoms with Crippen molar-refractivity contribution in [3.05, 3.63) is 53.6 Å². The van der Waals surface area contributed by atoms with E-state index in [1.165, 1.54) is 0 Å². The minimum absolute atomic E-state index is 0.271. The van der Waals surface area contributed by atoms with E-state index >= 15 is 0 Å². The van der Waals surface area contributed by atoms with Crippen molar-refractivity contribution in [1.82, 2.24) is 0 Å². The zero-order chi connectivity index (χ0) is 15.9. The number of anilines is 1. The van der Waals surface area contributed by atoms with Crippen LogP contribution in [0.5, 0.6) is 11.5 Å². The molecule has 1 amide bonds. The fourth-order valence-electron chi connectivity index (χ4n) is 1.87. The summed E-state index contributed by atoms with van der Waals surface area (Å²) in [6.45, 7) is 4.09. The highest BCUT2D eigenvalue weighted by atomic mass is 35.5. The van der Waals surface area contributed by atoms with E-state index in [1.54, 1.807) is 43.3 Å². The second kappa shape index (κ2) is 7.71. The van der Waals surface area contributed by atoms with Crippen molar-refractivity contribution in [2.75, 3.05) is 11.9 Å². The molecule has 116 valence electrons. The predicted molar refractivity (Wildman–Crippen MR) is 87.8 cm³/mol. The molecular formula is C17H18ClNO3. The third kappa shape index (κ3) is 4.15. The van der Waals surface area contributed by atoms with E-state index in [9.17, 15) is 4.79 Å². The third-order valence-electron chi connectivity index (χ3n) is 2.95. The first kappa shape index (κ1) is 16.2. The Hall–Kier alpha value is -2.20. The first-order chi connectivity index (χ1) is 10.6. The number of nitrogens with one attached hydrogen (secondary N) is 1. The fraction of sp³-hybridized carbons (Fsp3) is 0.235. The summed E-state index contributed by atoms with van der Waals surface area (Å²) in [6, 6.07) is 14.3. The van der Waals surface area contributed by atoms with Gasteiger partial charge < -0.3 is 14.8 Å². The third-order valence-corrected chi connectivity index (χ3v) is 3.27. The molecule has 1 N–H and O–H groups in total. The fourth-order valence-corrected chi connectivity index (χ4v) is 2.05. The van der Waals surface area contributed by atoms with Crippen LogP contribution in [0.15, 0.2) is 48.5 Å². The molecule has 2 aromatic carbocycles. The highest BCUT2D eigenvalue weighted by Crippen LogP contribution is 2.26. The van der Waals surface area contributed by atoms with Crippen LogP contribution in [-0.2, 0) is 4.79 Å². The van der Waals surface area contributed by atoms with Crippen LogP contribution in [0.25, 0.3) is 0 Å². The number of carbonyl (C=O) groups is 1. The summed E-state index contributed by atoms with van der Waals surface area (Å²) in [5.41, 5.74) is 0.615. The van der Waals surface area contributed by atoms with Crippen molar-refractivity contribution in [1.29, 1.82) is 0 Å². The lowest BCUT2D eigenvalue weighted by Crippen LogP contribution is -2.30. The molecule has 0 aliphatic rings. The molecule has 4 nitrogen and oxygen atoms in total. The Kier molecular flexibility index (Phi) is 5.67. The van der Waals surface area contributed by atoms with Gasteiger partial charge in [0.15, 0.2) is 6.10 Å². The maximum atomic E-state index is 12.2. The molecule has 0 heterocycles. The Balaban J connectivity index is 2.04. The molecule has 22 heavy (non-hydrogen) atoms. The van der Waals surface area contributed by atoms with Gasteiger partial charge in [0.2, 0.25) is 0 Å². The average Bonchev–Trinajstić information content (AvgIpc) is 2.51. The van der Waals surface area contributed by atoms with Gasteiger partial charge in [-0.3, -0.25) is 4.79 Å². The Morgan fingerprint density at radius 3 is 2.45 bits per heavy atom. The van der Waals surface area contributed by atoms with Gasteiger partial charge in [0.05, 0.1) is 17.3 Å². The average molecular weight is 320 g/mol. The summed E-state index contributed by atoms with van der Waals surface area (Å²) in [7, 11) is 0. The minimum Gasteiger partial charge on any atom is -0.492 e. The number of halogens is 1. The number of carbonyl (C=O) groups excluding carboxylic acids is 1. The molecule has 0 radical (unpaired) electrons. The first-order valence-electron chi connectivity index (χ1n) is 7.05. The maximum absolute atomic E-state index is 12.2. The largest absolute Gasteiger partial charge is 0.492 e. The normalized spacial score (nSPS) is 11.6. The van der Waals surface area contributed by atoms with Crippen LogP contribution in [0.3, 0.4) is 0 Å². The Morgan fingerprint density at radius 1 is 1.14 bits per heavy atom. The molecule has 0 bridgehead atoms. The van der Waals surface area contributed by atoms with Crippen molar-refractivity contribution >= 4 is 23.2 Å². The molecule has 0 spiro atoms. The molecule has 2 aromatic rings. The van der Waals surface area contributed by atoms with Crippen molar-refractivity contribution < 1.29 is 14.3 Å². The van der Waals surface area contributed by atoms with Gasteiger partial charge in [0.1, 0.15) is 11.5 Å². The lowest BCUT2D eigenvalue weighted by Gasteiger charge is -2.17. The van der Waals surface area contributed by atoms with Gasteiger partial charge in [0.25, 0.3) is 5.91 Å². The first-order valence-corrected chi connectivity index (χ1v) is 7.43. The van der Waals surface area contributed by atoms with Gasteiger partial charge in [-0.25, -0.2) is 0 Å². The maximum Gasteiger partial charge on any atom is 0.265 e. The topological polar surface area (TPSA) is 47.6 Å². The molecule has 1 atom stereocenters. The smallest absolute Gasteiger partial charge is 0.265 e. The number of benzene rings is 2. The van der Waals surface area contributed by atoms with Gasteiger partial charge in [-0.05, 0) is 38.1 Å². The highest BCUT2D eigenvalue weighted by molar-refractivity contribution is 6.32. The molecule has 0 fully saturated rings. The van der Waals surface area contributed by atoms with Crippen LogP contribution in [0.1, 0.15) is 13.8 Å². The number of amides is 1.